The summed E-state index contributed by atoms with van der Waals surface area (Å²) in [6.45, 7) is 6.28. The summed E-state index contributed by atoms with van der Waals surface area (Å²) in [4.78, 5) is 12.5. The highest BCUT2D eigenvalue weighted by molar-refractivity contribution is 6.31. The zero-order valence-electron chi connectivity index (χ0n) is 15.9. The molecule has 0 saturated heterocycles. The van der Waals surface area contributed by atoms with Crippen LogP contribution >= 0.6 is 11.6 Å². The van der Waals surface area contributed by atoms with Crippen molar-refractivity contribution >= 4 is 23.2 Å². The monoisotopic (exact) mass is 383 g/mol. The Labute approximate surface area is 164 Å². The lowest BCUT2D eigenvalue weighted by Gasteiger charge is -2.10. The van der Waals surface area contributed by atoms with E-state index in [0.717, 1.165) is 5.76 Å². The number of nitrogens with one attached hydrogen (secondary N) is 1. The third-order valence-corrected chi connectivity index (χ3v) is 4.72. The van der Waals surface area contributed by atoms with Crippen molar-refractivity contribution in [3.63, 3.8) is 0 Å². The van der Waals surface area contributed by atoms with Crippen molar-refractivity contribution < 1.29 is 13.9 Å². The molecule has 1 N–H and O–H groups in total. The van der Waals surface area contributed by atoms with Crippen molar-refractivity contribution in [2.75, 3.05) is 12.4 Å². The van der Waals surface area contributed by atoms with Crippen molar-refractivity contribution in [2.24, 2.45) is 0 Å². The van der Waals surface area contributed by atoms with Gasteiger partial charge in [-0.05, 0) is 67.8 Å². The SMILES string of the molecule is COc1ccc(Cl)cc1NC(=O)c1ccc(Cc2c(C)cc(C)cc2C)o1. The van der Waals surface area contributed by atoms with Crippen LogP contribution in [0.25, 0.3) is 0 Å². The van der Waals surface area contributed by atoms with E-state index in [9.17, 15) is 4.79 Å². The molecular weight excluding hydrogens is 362 g/mol. The first-order valence-electron chi connectivity index (χ1n) is 8.67. The molecule has 0 unspecified atom stereocenters. The number of benzene rings is 2. The normalized spacial score (nSPS) is 10.7. The number of halogens is 1. The fourth-order valence-electron chi connectivity index (χ4n) is 3.22. The summed E-state index contributed by atoms with van der Waals surface area (Å²) in [6, 6.07) is 12.9. The van der Waals surface area contributed by atoms with E-state index in [1.807, 2.05) is 6.07 Å². The summed E-state index contributed by atoms with van der Waals surface area (Å²) >= 11 is 6.01. The first-order valence-corrected chi connectivity index (χ1v) is 9.05. The first kappa shape index (κ1) is 19.1. The Kier molecular flexibility index (Phi) is 5.57. The molecule has 0 bridgehead atoms. The Morgan fingerprint density at radius 2 is 1.78 bits per heavy atom. The number of ether oxygens (including phenoxy) is 1. The van der Waals surface area contributed by atoms with Crippen LogP contribution in [0.4, 0.5) is 5.69 Å². The van der Waals surface area contributed by atoms with Gasteiger partial charge in [0.05, 0.1) is 12.8 Å². The van der Waals surface area contributed by atoms with Crippen molar-refractivity contribution in [2.45, 2.75) is 27.2 Å². The average Bonchev–Trinajstić information content (AvgIpc) is 3.07. The highest BCUT2D eigenvalue weighted by atomic mass is 35.5. The molecule has 0 fully saturated rings. The van der Waals surface area contributed by atoms with Gasteiger partial charge in [-0.1, -0.05) is 29.3 Å². The maximum atomic E-state index is 12.5. The summed E-state index contributed by atoms with van der Waals surface area (Å²) in [6.07, 6.45) is 0.645. The lowest BCUT2D eigenvalue weighted by molar-refractivity contribution is 0.0994. The number of hydrogen-bond acceptors (Lipinski definition) is 3. The predicted octanol–water partition coefficient (Wildman–Crippen LogP) is 5.71. The smallest absolute Gasteiger partial charge is 0.291 e. The van der Waals surface area contributed by atoms with E-state index < -0.39 is 0 Å². The molecule has 3 aromatic rings. The number of carbonyl (C=O) groups excluding carboxylic acids is 1. The number of rotatable bonds is 5. The molecule has 1 heterocycles. The second kappa shape index (κ2) is 7.89. The summed E-state index contributed by atoms with van der Waals surface area (Å²) in [5.41, 5.74) is 5.40. The second-order valence-corrected chi connectivity index (χ2v) is 7.06. The molecule has 0 aliphatic carbocycles. The molecule has 4 nitrogen and oxygen atoms in total. The number of carbonyl (C=O) groups is 1. The van der Waals surface area contributed by atoms with Crippen molar-refractivity contribution in [1.29, 1.82) is 0 Å². The van der Waals surface area contributed by atoms with Gasteiger partial charge in [-0.2, -0.15) is 0 Å². The van der Waals surface area contributed by atoms with Gasteiger partial charge in [-0.3, -0.25) is 4.79 Å². The van der Waals surface area contributed by atoms with Crippen LogP contribution < -0.4 is 10.1 Å². The molecule has 27 heavy (non-hydrogen) atoms. The molecular formula is C22H22ClNO3. The van der Waals surface area contributed by atoms with Gasteiger partial charge < -0.3 is 14.5 Å². The summed E-state index contributed by atoms with van der Waals surface area (Å²) in [7, 11) is 1.54. The summed E-state index contributed by atoms with van der Waals surface area (Å²) in [5, 5.41) is 3.29. The molecule has 140 valence electrons. The minimum absolute atomic E-state index is 0.245. The Morgan fingerprint density at radius 1 is 1.07 bits per heavy atom. The van der Waals surface area contributed by atoms with Gasteiger partial charge in [-0.15, -0.1) is 0 Å². The van der Waals surface area contributed by atoms with Crippen LogP contribution in [0.1, 0.15) is 38.6 Å². The highest BCUT2D eigenvalue weighted by Gasteiger charge is 2.15. The zero-order valence-corrected chi connectivity index (χ0v) is 16.6. The van der Waals surface area contributed by atoms with E-state index in [1.54, 1.807) is 24.3 Å². The van der Waals surface area contributed by atoms with Crippen LogP contribution in [-0.2, 0) is 6.42 Å². The predicted molar refractivity (Wildman–Crippen MR) is 108 cm³/mol. The maximum absolute atomic E-state index is 12.5. The third kappa shape index (κ3) is 4.34. The lowest BCUT2D eigenvalue weighted by Crippen LogP contribution is -2.11. The van der Waals surface area contributed by atoms with E-state index in [2.05, 4.69) is 38.2 Å². The molecule has 0 spiro atoms. The molecule has 3 rings (SSSR count). The first-order chi connectivity index (χ1) is 12.9. The Hall–Kier alpha value is -2.72. The number of hydrogen-bond donors (Lipinski definition) is 1. The van der Waals surface area contributed by atoms with E-state index in [0.29, 0.717) is 22.9 Å². The number of amides is 1. The minimum atomic E-state index is -0.348. The van der Waals surface area contributed by atoms with Crippen molar-refractivity contribution in [3.8, 4) is 5.75 Å². The summed E-state index contributed by atoms with van der Waals surface area (Å²) in [5.74, 6) is 1.17. The third-order valence-electron chi connectivity index (χ3n) is 4.49. The molecule has 0 aliphatic heterocycles. The van der Waals surface area contributed by atoms with Crippen LogP contribution in [0.2, 0.25) is 5.02 Å². The van der Waals surface area contributed by atoms with Crippen molar-refractivity contribution in [1.82, 2.24) is 0 Å². The molecule has 5 heteroatoms. The van der Waals surface area contributed by atoms with Crippen LogP contribution in [0, 0.1) is 20.8 Å². The van der Waals surface area contributed by atoms with Gasteiger partial charge in [0.25, 0.3) is 5.91 Å². The fraction of sp³-hybridized carbons (Fsp3) is 0.227. The zero-order chi connectivity index (χ0) is 19.6. The van der Waals surface area contributed by atoms with Gasteiger partial charge in [-0.25, -0.2) is 0 Å². The Balaban J connectivity index is 1.78. The number of anilines is 1. The van der Waals surface area contributed by atoms with Gasteiger partial charge in [0.1, 0.15) is 11.5 Å². The van der Waals surface area contributed by atoms with Gasteiger partial charge in [0.15, 0.2) is 5.76 Å². The highest BCUT2D eigenvalue weighted by Crippen LogP contribution is 2.28. The quantitative estimate of drug-likeness (QED) is 0.613. The largest absolute Gasteiger partial charge is 0.495 e. The Bertz CT molecular complexity index is 968. The van der Waals surface area contributed by atoms with E-state index in [-0.39, 0.29) is 11.7 Å². The number of methoxy groups -OCH3 is 1. The second-order valence-electron chi connectivity index (χ2n) is 6.62. The van der Waals surface area contributed by atoms with Crippen LogP contribution in [0.5, 0.6) is 5.75 Å². The minimum Gasteiger partial charge on any atom is -0.495 e. The molecule has 0 saturated carbocycles. The number of furan rings is 1. The number of aryl methyl sites for hydroxylation is 3. The molecule has 1 amide bonds. The molecule has 1 aromatic heterocycles. The van der Waals surface area contributed by atoms with Gasteiger partial charge >= 0.3 is 0 Å². The van der Waals surface area contributed by atoms with E-state index in [1.165, 1.54) is 29.4 Å². The van der Waals surface area contributed by atoms with Gasteiger partial charge in [0.2, 0.25) is 0 Å². The van der Waals surface area contributed by atoms with E-state index in [4.69, 9.17) is 20.8 Å². The topological polar surface area (TPSA) is 51.5 Å². The fourth-order valence-corrected chi connectivity index (χ4v) is 3.39. The van der Waals surface area contributed by atoms with E-state index >= 15 is 0 Å². The standard InChI is InChI=1S/C22H22ClNO3/c1-13-9-14(2)18(15(3)10-13)12-17-6-8-21(27-17)22(25)24-19-11-16(23)5-7-20(19)26-4/h5-11H,12H2,1-4H3,(H,24,25). The molecule has 0 atom stereocenters. The molecule has 2 aromatic carbocycles. The average molecular weight is 384 g/mol. The molecule has 0 aliphatic rings. The molecule has 0 radical (unpaired) electrons. The Morgan fingerprint density at radius 3 is 2.44 bits per heavy atom. The van der Waals surface area contributed by atoms with Crippen LogP contribution in [0.15, 0.2) is 46.9 Å². The maximum Gasteiger partial charge on any atom is 0.291 e. The van der Waals surface area contributed by atoms with Crippen LogP contribution in [0.3, 0.4) is 0 Å². The lowest BCUT2D eigenvalue weighted by atomic mass is 9.97. The summed E-state index contributed by atoms with van der Waals surface area (Å²) < 4.78 is 11.0. The van der Waals surface area contributed by atoms with Crippen molar-refractivity contribution in [3.05, 3.63) is 81.3 Å². The van der Waals surface area contributed by atoms with Gasteiger partial charge in [0, 0.05) is 11.4 Å². The van der Waals surface area contributed by atoms with Crippen LogP contribution in [-0.4, -0.2) is 13.0 Å².